The minimum absolute atomic E-state index is 0.128. The first kappa shape index (κ1) is 21.0. The molecule has 0 aliphatic carbocycles. The predicted octanol–water partition coefficient (Wildman–Crippen LogP) is 0.515. The van der Waals surface area contributed by atoms with Gasteiger partial charge < -0.3 is 29.5 Å². The van der Waals surface area contributed by atoms with E-state index in [-0.39, 0.29) is 17.9 Å². The molecule has 5 atom stereocenters. The van der Waals surface area contributed by atoms with Crippen LogP contribution in [-0.2, 0) is 14.3 Å². The van der Waals surface area contributed by atoms with Crippen LogP contribution in [0.15, 0.2) is 24.3 Å². The quantitative estimate of drug-likeness (QED) is 0.331. The van der Waals surface area contributed by atoms with E-state index in [1.54, 1.807) is 0 Å². The molecule has 0 spiro atoms. The van der Waals surface area contributed by atoms with Crippen LogP contribution in [0.1, 0.15) is 26.2 Å². The van der Waals surface area contributed by atoms with Crippen LogP contribution in [0.2, 0.25) is 0 Å². The number of nitrogens with zero attached hydrogens (tertiary/aromatic N) is 1. The summed E-state index contributed by atoms with van der Waals surface area (Å²) in [5.41, 5.74) is -0.148. The third-order valence-corrected chi connectivity index (χ3v) is 4.14. The number of carbonyl (C=O) groups excluding carboxylic acids is 1. The van der Waals surface area contributed by atoms with E-state index in [2.05, 4.69) is 0 Å². The van der Waals surface area contributed by atoms with E-state index in [1.807, 2.05) is 6.92 Å². The highest BCUT2D eigenvalue weighted by Crippen LogP contribution is 2.28. The lowest BCUT2D eigenvalue weighted by Gasteiger charge is -2.41. The number of nitro groups is 1. The average molecular weight is 385 g/mol. The zero-order valence-electron chi connectivity index (χ0n) is 14.8. The highest BCUT2D eigenvalue weighted by atomic mass is 16.7. The smallest absolute Gasteiger partial charge is 0.306 e. The van der Waals surface area contributed by atoms with Crippen LogP contribution in [0.25, 0.3) is 0 Å². The van der Waals surface area contributed by atoms with Crippen molar-refractivity contribution in [3.63, 3.8) is 0 Å². The van der Waals surface area contributed by atoms with Gasteiger partial charge in [0.15, 0.2) is 18.5 Å². The molecule has 10 heteroatoms. The fourth-order valence-corrected chi connectivity index (χ4v) is 2.65. The van der Waals surface area contributed by atoms with E-state index in [4.69, 9.17) is 14.2 Å². The summed E-state index contributed by atoms with van der Waals surface area (Å²) in [6, 6.07) is 5.06. The summed E-state index contributed by atoms with van der Waals surface area (Å²) < 4.78 is 15.9. The number of rotatable bonds is 8. The lowest BCUT2D eigenvalue weighted by atomic mass is 9.98. The number of unbranched alkanes of at least 4 members (excludes halogenated alkanes) is 1. The topological polar surface area (TPSA) is 149 Å². The number of esters is 1. The standard InChI is InChI=1S/C17H23NO9/c1-2-3-4-13(20)27-16-15(14(21)12(9-19)26-17(16)22)25-11-7-5-10(6-8-11)18(23)24/h5-8,12,14-17,19,21-22H,2-4,9H2,1H3/t12-,14-,15+,16-,17+/m1/s1. The van der Waals surface area contributed by atoms with Gasteiger partial charge in [0.2, 0.25) is 0 Å². The molecule has 1 aliphatic heterocycles. The highest BCUT2D eigenvalue weighted by Gasteiger charge is 2.48. The summed E-state index contributed by atoms with van der Waals surface area (Å²) in [6.45, 7) is 1.32. The van der Waals surface area contributed by atoms with Gasteiger partial charge in [-0.1, -0.05) is 13.3 Å². The van der Waals surface area contributed by atoms with Gasteiger partial charge in [0.25, 0.3) is 5.69 Å². The van der Waals surface area contributed by atoms with E-state index in [0.29, 0.717) is 6.42 Å². The zero-order valence-corrected chi connectivity index (χ0v) is 14.8. The number of non-ortho nitro benzene ring substituents is 1. The second-order valence-electron chi connectivity index (χ2n) is 6.13. The fourth-order valence-electron chi connectivity index (χ4n) is 2.65. The molecule has 0 aromatic heterocycles. The Labute approximate surface area is 155 Å². The van der Waals surface area contributed by atoms with Gasteiger partial charge in [-0.2, -0.15) is 0 Å². The molecule has 1 aliphatic rings. The van der Waals surface area contributed by atoms with E-state index in [0.717, 1.165) is 6.42 Å². The number of ether oxygens (including phenoxy) is 3. The van der Waals surface area contributed by atoms with Crippen molar-refractivity contribution in [1.29, 1.82) is 0 Å². The van der Waals surface area contributed by atoms with Crippen molar-refractivity contribution in [2.45, 2.75) is 56.9 Å². The molecule has 3 N–H and O–H groups in total. The van der Waals surface area contributed by atoms with Gasteiger partial charge in [-0.15, -0.1) is 0 Å². The van der Waals surface area contributed by atoms with E-state index < -0.39 is 48.2 Å². The van der Waals surface area contributed by atoms with Crippen molar-refractivity contribution < 1.29 is 39.2 Å². The van der Waals surface area contributed by atoms with Gasteiger partial charge in [0.1, 0.15) is 18.0 Å². The Kier molecular flexibility index (Phi) is 7.48. The first-order valence-corrected chi connectivity index (χ1v) is 8.60. The summed E-state index contributed by atoms with van der Waals surface area (Å²) in [6.07, 6.45) is -5.23. The van der Waals surface area contributed by atoms with Crippen LogP contribution in [0, 0.1) is 10.1 Å². The number of nitro benzene ring substituents is 1. The maximum absolute atomic E-state index is 11.9. The summed E-state index contributed by atoms with van der Waals surface area (Å²) in [5.74, 6) is -0.429. The number of aliphatic hydroxyl groups excluding tert-OH is 3. The Balaban J connectivity index is 2.18. The van der Waals surface area contributed by atoms with E-state index in [1.165, 1.54) is 24.3 Å². The van der Waals surface area contributed by atoms with Crippen molar-refractivity contribution >= 4 is 11.7 Å². The number of aliphatic hydroxyl groups is 3. The van der Waals surface area contributed by atoms with Gasteiger partial charge in [-0.25, -0.2) is 0 Å². The molecule has 0 saturated carbocycles. The summed E-state index contributed by atoms with van der Waals surface area (Å²) in [7, 11) is 0. The maximum atomic E-state index is 11.9. The second kappa shape index (κ2) is 9.60. The molecule has 2 rings (SSSR count). The summed E-state index contributed by atoms with van der Waals surface area (Å²) in [5, 5.41) is 40.6. The Morgan fingerprint density at radius 2 is 1.93 bits per heavy atom. The Morgan fingerprint density at radius 1 is 1.26 bits per heavy atom. The van der Waals surface area contributed by atoms with Crippen LogP contribution in [-0.4, -0.2) is 63.5 Å². The largest absolute Gasteiger partial charge is 0.483 e. The van der Waals surface area contributed by atoms with Crippen LogP contribution < -0.4 is 4.74 Å². The first-order valence-electron chi connectivity index (χ1n) is 8.60. The number of carbonyl (C=O) groups is 1. The third-order valence-electron chi connectivity index (χ3n) is 4.14. The maximum Gasteiger partial charge on any atom is 0.306 e. The Morgan fingerprint density at radius 3 is 2.48 bits per heavy atom. The molecule has 1 heterocycles. The lowest BCUT2D eigenvalue weighted by Crippen LogP contribution is -2.61. The van der Waals surface area contributed by atoms with Crippen molar-refractivity contribution in [3.8, 4) is 5.75 Å². The molecule has 0 amide bonds. The SMILES string of the molecule is CCCCC(=O)O[C@@H]1[C@@H](Oc2ccc([N+](=O)[O-])cc2)[C@H](O)[C@@H](CO)O[C@@H]1O. The number of hydrogen-bond donors (Lipinski definition) is 3. The molecule has 1 aromatic carbocycles. The molecule has 0 bridgehead atoms. The van der Waals surface area contributed by atoms with Gasteiger partial charge in [0, 0.05) is 18.6 Å². The van der Waals surface area contributed by atoms with Crippen LogP contribution >= 0.6 is 0 Å². The third kappa shape index (κ3) is 5.36. The van der Waals surface area contributed by atoms with Gasteiger partial charge in [0.05, 0.1) is 11.5 Å². The molecule has 0 unspecified atom stereocenters. The van der Waals surface area contributed by atoms with E-state index in [9.17, 15) is 30.2 Å². The second-order valence-corrected chi connectivity index (χ2v) is 6.13. The molecule has 0 radical (unpaired) electrons. The molecule has 1 saturated heterocycles. The van der Waals surface area contributed by atoms with Crippen molar-refractivity contribution in [3.05, 3.63) is 34.4 Å². The van der Waals surface area contributed by atoms with Crippen LogP contribution in [0.4, 0.5) is 5.69 Å². The van der Waals surface area contributed by atoms with Gasteiger partial charge >= 0.3 is 5.97 Å². The predicted molar refractivity (Wildman–Crippen MR) is 90.9 cm³/mol. The Bertz CT molecular complexity index is 636. The van der Waals surface area contributed by atoms with E-state index >= 15 is 0 Å². The van der Waals surface area contributed by atoms with Crippen molar-refractivity contribution in [2.24, 2.45) is 0 Å². The molecule has 1 fully saturated rings. The minimum Gasteiger partial charge on any atom is -0.483 e. The molecule has 10 nitrogen and oxygen atoms in total. The molecular weight excluding hydrogens is 362 g/mol. The van der Waals surface area contributed by atoms with Gasteiger partial charge in [-0.05, 0) is 18.6 Å². The highest BCUT2D eigenvalue weighted by molar-refractivity contribution is 5.69. The number of hydrogen-bond acceptors (Lipinski definition) is 9. The molecule has 27 heavy (non-hydrogen) atoms. The van der Waals surface area contributed by atoms with Crippen LogP contribution in [0.3, 0.4) is 0 Å². The first-order chi connectivity index (χ1) is 12.9. The lowest BCUT2D eigenvalue weighted by molar-refractivity contribution is -0.384. The monoisotopic (exact) mass is 385 g/mol. The summed E-state index contributed by atoms with van der Waals surface area (Å²) in [4.78, 5) is 22.1. The Hall–Kier alpha value is -2.27. The van der Waals surface area contributed by atoms with Crippen molar-refractivity contribution in [2.75, 3.05) is 6.61 Å². The fraction of sp³-hybridized carbons (Fsp3) is 0.588. The van der Waals surface area contributed by atoms with Crippen molar-refractivity contribution in [1.82, 2.24) is 0 Å². The summed E-state index contributed by atoms with van der Waals surface area (Å²) >= 11 is 0. The normalized spacial score (nSPS) is 27.8. The van der Waals surface area contributed by atoms with Crippen LogP contribution in [0.5, 0.6) is 5.75 Å². The average Bonchev–Trinajstić information content (AvgIpc) is 2.65. The molecule has 150 valence electrons. The molecule has 1 aromatic rings. The number of benzene rings is 1. The van der Waals surface area contributed by atoms with Gasteiger partial charge in [-0.3, -0.25) is 14.9 Å². The zero-order chi connectivity index (χ0) is 20.0. The minimum atomic E-state index is -1.61. The molecular formula is C17H23NO9.